The summed E-state index contributed by atoms with van der Waals surface area (Å²) in [4.78, 5) is 0. The fraction of sp³-hybridized carbons (Fsp3) is 0. The summed E-state index contributed by atoms with van der Waals surface area (Å²) in [5.41, 5.74) is 2.42. The first-order valence-electron chi connectivity index (χ1n) is 6.13. The summed E-state index contributed by atoms with van der Waals surface area (Å²) in [5, 5.41) is 41.2. The van der Waals surface area contributed by atoms with Gasteiger partial charge >= 0.3 is 0 Å². The summed E-state index contributed by atoms with van der Waals surface area (Å²) < 4.78 is 0. The molecule has 0 saturated carbocycles. The van der Waals surface area contributed by atoms with Gasteiger partial charge < -0.3 is 20.4 Å². The SMILES string of the molecule is Oc1cc2cc(O)c(O)c3c2c(c1O)-c1ccccc1-3. The van der Waals surface area contributed by atoms with Crippen LogP contribution in [0.2, 0.25) is 0 Å². The normalized spacial score (nSPS) is 11.8. The van der Waals surface area contributed by atoms with Crippen LogP contribution in [0.4, 0.5) is 0 Å². The van der Waals surface area contributed by atoms with E-state index in [4.69, 9.17) is 0 Å². The van der Waals surface area contributed by atoms with Gasteiger partial charge in [0.15, 0.2) is 23.0 Å². The third-order valence-electron chi connectivity index (χ3n) is 3.80. The van der Waals surface area contributed by atoms with E-state index in [1.807, 2.05) is 12.1 Å². The van der Waals surface area contributed by atoms with Gasteiger partial charge in [0.25, 0.3) is 0 Å². The van der Waals surface area contributed by atoms with Gasteiger partial charge in [0, 0.05) is 16.5 Å². The lowest BCUT2D eigenvalue weighted by Crippen LogP contribution is -1.80. The Morgan fingerprint density at radius 3 is 1.55 bits per heavy atom. The molecule has 4 rings (SSSR count). The minimum Gasteiger partial charge on any atom is -0.504 e. The average molecular weight is 266 g/mol. The van der Waals surface area contributed by atoms with Gasteiger partial charge in [0.2, 0.25) is 0 Å². The standard InChI is InChI=1S/C16H10O4/c17-10-5-7-6-11(18)16(20)14-9-4-2-1-3-8(9)13(12(7)14)15(10)19/h1-6,17-20H. The highest BCUT2D eigenvalue weighted by Crippen LogP contribution is 2.57. The number of rotatable bonds is 0. The summed E-state index contributed by atoms with van der Waals surface area (Å²) in [6.45, 7) is 0. The summed E-state index contributed by atoms with van der Waals surface area (Å²) in [6.07, 6.45) is 0. The summed E-state index contributed by atoms with van der Waals surface area (Å²) in [5.74, 6) is -0.928. The zero-order valence-corrected chi connectivity index (χ0v) is 10.3. The van der Waals surface area contributed by atoms with Gasteiger partial charge in [-0.15, -0.1) is 0 Å². The Morgan fingerprint density at radius 1 is 0.650 bits per heavy atom. The average Bonchev–Trinajstić information content (AvgIpc) is 2.78. The van der Waals surface area contributed by atoms with Crippen molar-refractivity contribution in [3.63, 3.8) is 0 Å². The zero-order valence-electron chi connectivity index (χ0n) is 10.3. The van der Waals surface area contributed by atoms with E-state index in [0.29, 0.717) is 21.9 Å². The van der Waals surface area contributed by atoms with E-state index in [-0.39, 0.29) is 23.0 Å². The first-order valence-corrected chi connectivity index (χ1v) is 6.13. The molecule has 4 nitrogen and oxygen atoms in total. The molecule has 4 N–H and O–H groups in total. The van der Waals surface area contributed by atoms with Crippen molar-refractivity contribution in [3.8, 4) is 45.3 Å². The molecule has 1 aliphatic carbocycles. The molecule has 4 heteroatoms. The molecule has 0 spiro atoms. The van der Waals surface area contributed by atoms with Crippen LogP contribution in [0.5, 0.6) is 23.0 Å². The van der Waals surface area contributed by atoms with Gasteiger partial charge in [0.05, 0.1) is 0 Å². The van der Waals surface area contributed by atoms with Crippen LogP contribution in [0.3, 0.4) is 0 Å². The molecule has 0 atom stereocenters. The second-order valence-corrected chi connectivity index (χ2v) is 4.88. The maximum atomic E-state index is 10.1. The molecule has 3 aromatic carbocycles. The number of benzene rings is 3. The fourth-order valence-corrected chi connectivity index (χ4v) is 2.97. The van der Waals surface area contributed by atoms with Crippen LogP contribution in [0.1, 0.15) is 0 Å². The van der Waals surface area contributed by atoms with Crippen LogP contribution in [-0.2, 0) is 0 Å². The Hall–Kier alpha value is -2.88. The number of phenols is 4. The van der Waals surface area contributed by atoms with E-state index in [2.05, 4.69) is 0 Å². The third kappa shape index (κ3) is 1.11. The molecule has 0 unspecified atom stereocenters. The van der Waals surface area contributed by atoms with E-state index in [1.165, 1.54) is 12.1 Å². The van der Waals surface area contributed by atoms with Crippen molar-refractivity contribution in [2.24, 2.45) is 0 Å². The number of hydrogen-bond acceptors (Lipinski definition) is 4. The van der Waals surface area contributed by atoms with Crippen molar-refractivity contribution < 1.29 is 20.4 Å². The van der Waals surface area contributed by atoms with Gasteiger partial charge in [-0.25, -0.2) is 0 Å². The van der Waals surface area contributed by atoms with Crippen molar-refractivity contribution in [1.82, 2.24) is 0 Å². The molecule has 0 fully saturated rings. The first kappa shape index (κ1) is 11.0. The second-order valence-electron chi connectivity index (χ2n) is 4.88. The van der Waals surface area contributed by atoms with Crippen LogP contribution in [0, 0.1) is 0 Å². The summed E-state index contributed by atoms with van der Waals surface area (Å²) in [6, 6.07) is 10.00. The van der Waals surface area contributed by atoms with E-state index in [9.17, 15) is 20.4 Å². The van der Waals surface area contributed by atoms with Crippen LogP contribution < -0.4 is 0 Å². The predicted octanol–water partition coefficient (Wildman–Crippen LogP) is 3.31. The number of phenolic OH excluding ortho intramolecular Hbond substituents is 4. The molecule has 0 aromatic heterocycles. The monoisotopic (exact) mass is 266 g/mol. The Bertz CT molecular complexity index is 827. The number of aromatic hydroxyl groups is 4. The molecule has 0 saturated heterocycles. The molecular weight excluding hydrogens is 256 g/mol. The quantitative estimate of drug-likeness (QED) is 0.368. The van der Waals surface area contributed by atoms with Gasteiger partial charge in [0.1, 0.15) is 0 Å². The maximum absolute atomic E-state index is 10.1. The minimum atomic E-state index is -0.250. The van der Waals surface area contributed by atoms with Crippen molar-refractivity contribution >= 4 is 10.8 Å². The van der Waals surface area contributed by atoms with E-state index < -0.39 is 0 Å². The van der Waals surface area contributed by atoms with Gasteiger partial charge in [-0.2, -0.15) is 0 Å². The molecule has 20 heavy (non-hydrogen) atoms. The number of hydrogen-bond donors (Lipinski definition) is 4. The van der Waals surface area contributed by atoms with Crippen molar-refractivity contribution in [3.05, 3.63) is 36.4 Å². The molecule has 0 bridgehead atoms. The minimum absolute atomic E-state index is 0.214. The highest BCUT2D eigenvalue weighted by Gasteiger charge is 2.29. The molecule has 98 valence electrons. The lowest BCUT2D eigenvalue weighted by Gasteiger charge is -2.09. The van der Waals surface area contributed by atoms with Crippen LogP contribution in [0.25, 0.3) is 33.0 Å². The smallest absolute Gasteiger partial charge is 0.166 e. The predicted molar refractivity (Wildman–Crippen MR) is 75.0 cm³/mol. The molecular formula is C16H10O4. The highest BCUT2D eigenvalue weighted by atomic mass is 16.3. The van der Waals surface area contributed by atoms with Crippen molar-refractivity contribution in [1.29, 1.82) is 0 Å². The lowest BCUT2D eigenvalue weighted by molar-refractivity contribution is 0.404. The van der Waals surface area contributed by atoms with Crippen molar-refractivity contribution in [2.75, 3.05) is 0 Å². The first-order chi connectivity index (χ1) is 9.59. The molecule has 0 heterocycles. The van der Waals surface area contributed by atoms with Gasteiger partial charge in [-0.05, 0) is 28.6 Å². The second kappa shape index (κ2) is 3.36. The van der Waals surface area contributed by atoms with Gasteiger partial charge in [-0.3, -0.25) is 0 Å². The topological polar surface area (TPSA) is 80.9 Å². The zero-order chi connectivity index (χ0) is 14.0. The molecule has 0 aliphatic heterocycles. The van der Waals surface area contributed by atoms with Crippen LogP contribution in [0.15, 0.2) is 36.4 Å². The highest BCUT2D eigenvalue weighted by molar-refractivity contribution is 6.20. The largest absolute Gasteiger partial charge is 0.504 e. The van der Waals surface area contributed by atoms with E-state index in [0.717, 1.165) is 11.1 Å². The third-order valence-corrected chi connectivity index (χ3v) is 3.80. The van der Waals surface area contributed by atoms with Crippen LogP contribution in [-0.4, -0.2) is 20.4 Å². The number of fused-ring (bicyclic) bond motifs is 3. The summed E-state index contributed by atoms with van der Waals surface area (Å²) >= 11 is 0. The Balaban J connectivity index is 2.35. The van der Waals surface area contributed by atoms with Gasteiger partial charge in [-0.1, -0.05) is 24.3 Å². The molecule has 3 aromatic rings. The Morgan fingerprint density at radius 2 is 1.10 bits per heavy atom. The lowest BCUT2D eigenvalue weighted by atomic mass is 10.0. The van der Waals surface area contributed by atoms with Crippen molar-refractivity contribution in [2.45, 2.75) is 0 Å². The fourth-order valence-electron chi connectivity index (χ4n) is 2.97. The molecule has 1 aliphatic rings. The van der Waals surface area contributed by atoms with E-state index in [1.54, 1.807) is 12.1 Å². The molecule has 0 radical (unpaired) electrons. The van der Waals surface area contributed by atoms with Crippen LogP contribution >= 0.6 is 0 Å². The molecule has 0 amide bonds. The Kier molecular flexibility index (Phi) is 1.85. The maximum Gasteiger partial charge on any atom is 0.166 e. The van der Waals surface area contributed by atoms with E-state index >= 15 is 0 Å². The summed E-state index contributed by atoms with van der Waals surface area (Å²) in [7, 11) is 0. The Labute approximate surface area is 113 Å².